The molecule has 0 radical (unpaired) electrons. The van der Waals surface area contributed by atoms with Crippen molar-refractivity contribution < 1.29 is 18.7 Å². The summed E-state index contributed by atoms with van der Waals surface area (Å²) < 4.78 is 29.3. The maximum Gasteiger partial charge on any atom is 0.313 e. The number of hydrogen-bond donors (Lipinski definition) is 1. The van der Waals surface area contributed by atoms with Gasteiger partial charge in [0.1, 0.15) is 5.52 Å². The quantitative estimate of drug-likeness (QED) is 0.695. The molecule has 0 fully saturated rings. The molecule has 4 nitrogen and oxygen atoms in total. The Morgan fingerprint density at radius 3 is 2.76 bits per heavy atom. The molecule has 0 bridgehead atoms. The number of nitrogens with zero attached hydrogens (tertiary/aromatic N) is 2. The molecule has 2 aromatic rings. The van der Waals surface area contributed by atoms with Gasteiger partial charge in [-0.25, -0.2) is 13.8 Å². The highest BCUT2D eigenvalue weighted by Gasteiger charge is 2.24. The maximum atomic E-state index is 14.1. The van der Waals surface area contributed by atoms with Crippen LogP contribution in [0.25, 0.3) is 11.0 Å². The van der Waals surface area contributed by atoms with Gasteiger partial charge in [0.15, 0.2) is 16.8 Å². The van der Waals surface area contributed by atoms with Crippen LogP contribution in [0.4, 0.5) is 8.78 Å². The van der Waals surface area contributed by atoms with Gasteiger partial charge in [0, 0.05) is 6.04 Å². The molecule has 0 spiro atoms. The van der Waals surface area contributed by atoms with Crippen LogP contribution >= 0.6 is 11.8 Å². The third-order valence-electron chi connectivity index (χ3n) is 3.38. The second-order valence-electron chi connectivity index (χ2n) is 4.77. The van der Waals surface area contributed by atoms with E-state index in [1.54, 1.807) is 4.57 Å². The van der Waals surface area contributed by atoms with Gasteiger partial charge < -0.3 is 9.67 Å². The molecule has 1 aromatic carbocycles. The smallest absolute Gasteiger partial charge is 0.313 e. The van der Waals surface area contributed by atoms with Gasteiger partial charge in [-0.3, -0.25) is 4.79 Å². The molecule has 0 saturated carbocycles. The van der Waals surface area contributed by atoms with E-state index in [4.69, 9.17) is 5.11 Å². The number of aliphatic carboxylic acids is 1. The molecule has 7 heteroatoms. The van der Waals surface area contributed by atoms with Gasteiger partial charge >= 0.3 is 5.97 Å². The van der Waals surface area contributed by atoms with Crippen molar-refractivity contribution in [2.45, 2.75) is 24.0 Å². The predicted octanol–water partition coefficient (Wildman–Crippen LogP) is 3.38. The number of imidazole rings is 1. The van der Waals surface area contributed by atoms with E-state index in [2.05, 4.69) is 4.98 Å². The number of benzene rings is 1. The lowest BCUT2D eigenvalue weighted by Crippen LogP contribution is -2.09. The fraction of sp³-hybridized carbons (Fsp3) is 0.286. The van der Waals surface area contributed by atoms with E-state index < -0.39 is 17.6 Å². The summed E-state index contributed by atoms with van der Waals surface area (Å²) in [6, 6.07) is 2.40. The van der Waals surface area contributed by atoms with Crippen LogP contribution in [0.3, 0.4) is 0 Å². The standard InChI is InChI=1S/C14H12F2N2O2S/c15-9-5-6-10-13(12(9)16)18(8-3-1-2-4-8)14(17-10)21-7-11(19)20/h1-2,5-6,8H,3-4,7H2,(H,19,20). The SMILES string of the molecule is O=C(O)CSc1nc2ccc(F)c(F)c2n1C1CC=CC1. The second-order valence-corrected chi connectivity index (χ2v) is 5.72. The van der Waals surface area contributed by atoms with E-state index in [0.717, 1.165) is 17.8 Å². The first-order valence-corrected chi connectivity index (χ1v) is 7.42. The van der Waals surface area contributed by atoms with Gasteiger partial charge in [-0.05, 0) is 25.0 Å². The number of carbonyl (C=O) groups is 1. The number of thioether (sulfide) groups is 1. The Bertz CT molecular complexity index is 734. The topological polar surface area (TPSA) is 55.1 Å². The number of carboxylic acids is 1. The number of halogens is 2. The van der Waals surface area contributed by atoms with Crippen LogP contribution in [0.15, 0.2) is 29.4 Å². The molecule has 0 saturated heterocycles. The average molecular weight is 310 g/mol. The molecule has 0 amide bonds. The van der Waals surface area contributed by atoms with Crippen molar-refractivity contribution >= 4 is 28.8 Å². The van der Waals surface area contributed by atoms with Crippen molar-refractivity contribution in [1.29, 1.82) is 0 Å². The number of fused-ring (bicyclic) bond motifs is 1. The summed E-state index contributed by atoms with van der Waals surface area (Å²) in [5.41, 5.74) is 0.449. The van der Waals surface area contributed by atoms with Crippen LogP contribution in [0, 0.1) is 11.6 Å². The van der Waals surface area contributed by atoms with Gasteiger partial charge in [0.05, 0.1) is 11.3 Å². The summed E-state index contributed by atoms with van der Waals surface area (Å²) in [5, 5.41) is 9.21. The fourth-order valence-corrected chi connectivity index (χ4v) is 3.28. The zero-order valence-corrected chi connectivity index (χ0v) is 11.7. The van der Waals surface area contributed by atoms with Crippen LogP contribution in [-0.2, 0) is 4.79 Å². The maximum absolute atomic E-state index is 14.1. The number of rotatable bonds is 4. The van der Waals surface area contributed by atoms with Crippen molar-refractivity contribution in [3.63, 3.8) is 0 Å². The van der Waals surface area contributed by atoms with Crippen LogP contribution in [-0.4, -0.2) is 26.4 Å². The van der Waals surface area contributed by atoms with E-state index in [-0.39, 0.29) is 17.3 Å². The first-order valence-electron chi connectivity index (χ1n) is 6.43. The van der Waals surface area contributed by atoms with E-state index >= 15 is 0 Å². The second kappa shape index (κ2) is 5.48. The third-order valence-corrected chi connectivity index (χ3v) is 4.32. The largest absolute Gasteiger partial charge is 0.481 e. The molecular weight excluding hydrogens is 298 g/mol. The highest BCUT2D eigenvalue weighted by Crippen LogP contribution is 2.35. The molecule has 110 valence electrons. The normalized spacial score (nSPS) is 15.1. The van der Waals surface area contributed by atoms with Gasteiger partial charge in [0.2, 0.25) is 0 Å². The molecule has 21 heavy (non-hydrogen) atoms. The molecule has 0 aliphatic heterocycles. The van der Waals surface area contributed by atoms with Gasteiger partial charge in [-0.1, -0.05) is 23.9 Å². The minimum absolute atomic E-state index is 0.0532. The molecule has 0 atom stereocenters. The number of allylic oxidation sites excluding steroid dienone is 2. The highest BCUT2D eigenvalue weighted by molar-refractivity contribution is 7.99. The molecular formula is C14H12F2N2O2S. The molecule has 1 aliphatic carbocycles. The Kier molecular flexibility index (Phi) is 3.67. The number of hydrogen-bond acceptors (Lipinski definition) is 3. The van der Waals surface area contributed by atoms with Crippen molar-refractivity contribution in [1.82, 2.24) is 9.55 Å². The first-order chi connectivity index (χ1) is 10.1. The Morgan fingerprint density at radius 1 is 1.38 bits per heavy atom. The van der Waals surface area contributed by atoms with E-state index in [9.17, 15) is 13.6 Å². The third kappa shape index (κ3) is 2.53. The monoisotopic (exact) mass is 310 g/mol. The first kappa shape index (κ1) is 14.1. The lowest BCUT2D eigenvalue weighted by atomic mass is 10.2. The number of aromatic nitrogens is 2. The molecule has 3 rings (SSSR count). The highest BCUT2D eigenvalue weighted by atomic mass is 32.2. The van der Waals surface area contributed by atoms with Crippen LogP contribution in [0.5, 0.6) is 0 Å². The zero-order valence-electron chi connectivity index (χ0n) is 10.9. The van der Waals surface area contributed by atoms with Crippen molar-refractivity contribution in [2.24, 2.45) is 0 Å². The van der Waals surface area contributed by atoms with Crippen molar-refractivity contribution in [3.05, 3.63) is 35.9 Å². The minimum Gasteiger partial charge on any atom is -0.481 e. The van der Waals surface area contributed by atoms with E-state index in [1.807, 2.05) is 12.2 Å². The average Bonchev–Trinajstić information content (AvgIpc) is 3.07. The molecule has 1 N–H and O–H groups in total. The van der Waals surface area contributed by atoms with Gasteiger partial charge in [-0.15, -0.1) is 0 Å². The van der Waals surface area contributed by atoms with Gasteiger partial charge in [0.25, 0.3) is 0 Å². The van der Waals surface area contributed by atoms with Crippen molar-refractivity contribution in [3.8, 4) is 0 Å². The van der Waals surface area contributed by atoms with Crippen LogP contribution < -0.4 is 0 Å². The summed E-state index contributed by atoms with van der Waals surface area (Å²) >= 11 is 1.02. The minimum atomic E-state index is -0.977. The van der Waals surface area contributed by atoms with Gasteiger partial charge in [-0.2, -0.15) is 0 Å². The van der Waals surface area contributed by atoms with E-state index in [1.165, 1.54) is 6.07 Å². The van der Waals surface area contributed by atoms with Crippen LogP contribution in [0.2, 0.25) is 0 Å². The molecule has 0 unspecified atom stereocenters. The zero-order chi connectivity index (χ0) is 15.0. The van der Waals surface area contributed by atoms with Crippen LogP contribution in [0.1, 0.15) is 18.9 Å². The lowest BCUT2D eigenvalue weighted by molar-refractivity contribution is -0.133. The Balaban J connectivity index is 2.14. The molecule has 1 aromatic heterocycles. The Morgan fingerprint density at radius 2 is 2.10 bits per heavy atom. The lowest BCUT2D eigenvalue weighted by Gasteiger charge is -2.16. The summed E-state index contributed by atoms with van der Waals surface area (Å²) in [6.07, 6.45) is 5.34. The Hall–Kier alpha value is -1.89. The summed E-state index contributed by atoms with van der Waals surface area (Å²) in [7, 11) is 0. The molecule has 1 heterocycles. The summed E-state index contributed by atoms with van der Waals surface area (Å²) in [5.74, 6) is -3.01. The Labute approximate surface area is 123 Å². The predicted molar refractivity (Wildman–Crippen MR) is 75.4 cm³/mol. The fourth-order valence-electron chi connectivity index (χ4n) is 2.48. The number of carboxylic acid groups (broad SMARTS) is 1. The van der Waals surface area contributed by atoms with E-state index in [0.29, 0.717) is 23.5 Å². The van der Waals surface area contributed by atoms with Crippen molar-refractivity contribution in [2.75, 3.05) is 5.75 Å². The molecule has 1 aliphatic rings. The summed E-state index contributed by atoms with van der Waals surface area (Å²) in [4.78, 5) is 15.0. The summed E-state index contributed by atoms with van der Waals surface area (Å²) in [6.45, 7) is 0.